The third-order valence-electron chi connectivity index (χ3n) is 3.20. The molecular weight excluding hydrogens is 316 g/mol. The maximum absolute atomic E-state index is 5.66. The van der Waals surface area contributed by atoms with Gasteiger partial charge in [0.05, 0.1) is 6.10 Å². The van der Waals surface area contributed by atoms with Crippen LogP contribution in [0, 0.1) is 6.92 Å². The molecule has 4 atom stereocenters. The number of hydrogen-bond acceptors (Lipinski definition) is 6. The van der Waals surface area contributed by atoms with E-state index in [0.29, 0.717) is 12.7 Å². The Labute approximate surface area is 143 Å². The van der Waals surface area contributed by atoms with Gasteiger partial charge >= 0.3 is 0 Å². The monoisotopic (exact) mass is 346 g/mol. The Morgan fingerprint density at radius 1 is 1.22 bits per heavy atom. The summed E-state index contributed by atoms with van der Waals surface area (Å²) >= 11 is 1.65. The van der Waals surface area contributed by atoms with Gasteiger partial charge in [0.15, 0.2) is 18.9 Å². The van der Waals surface area contributed by atoms with Gasteiger partial charge in [-0.2, -0.15) is 0 Å². The van der Waals surface area contributed by atoms with Crippen LogP contribution in [0.15, 0.2) is 11.4 Å². The predicted octanol–water partition coefficient (Wildman–Crippen LogP) is 4.34. The first-order valence-electron chi connectivity index (χ1n) is 8.17. The normalized spacial score (nSPS) is 20.7. The lowest BCUT2D eigenvalue weighted by Crippen LogP contribution is -2.28. The van der Waals surface area contributed by atoms with E-state index in [2.05, 4.69) is 6.92 Å². The van der Waals surface area contributed by atoms with Gasteiger partial charge in [-0.1, -0.05) is 0 Å². The summed E-state index contributed by atoms with van der Waals surface area (Å²) in [5, 5.41) is 1.99. The van der Waals surface area contributed by atoms with E-state index in [1.54, 1.807) is 11.3 Å². The van der Waals surface area contributed by atoms with Crippen molar-refractivity contribution in [1.82, 2.24) is 0 Å². The van der Waals surface area contributed by atoms with Gasteiger partial charge < -0.3 is 23.7 Å². The van der Waals surface area contributed by atoms with Crippen LogP contribution < -0.4 is 4.74 Å². The zero-order valence-corrected chi connectivity index (χ0v) is 15.9. The maximum atomic E-state index is 5.66. The van der Waals surface area contributed by atoms with Gasteiger partial charge in [-0.25, -0.2) is 0 Å². The molecular formula is C17H30O5S. The summed E-state index contributed by atoms with van der Waals surface area (Å²) in [6.07, 6.45) is 0.817. The molecule has 2 heterocycles. The number of rotatable bonds is 8. The minimum atomic E-state index is -0.375. The Kier molecular flexibility index (Phi) is 9.74. The molecule has 134 valence electrons. The lowest BCUT2D eigenvalue weighted by atomic mass is 10.2. The van der Waals surface area contributed by atoms with Crippen molar-refractivity contribution < 1.29 is 23.7 Å². The molecule has 1 fully saturated rings. The Bertz CT molecular complexity index is 419. The summed E-state index contributed by atoms with van der Waals surface area (Å²) in [5.41, 5.74) is 0. The standard InChI is InChI=1S/C13H22O4S.C4H8O/c1-6-14-10(3)15-11(4)16-12(5)17-13-7-8-18-9(13)2;1-4-2-3-5-4/h7-8,10-12H,6H2,1-5H3;4H,2-3H2,1H3. The van der Waals surface area contributed by atoms with E-state index in [1.807, 2.05) is 46.1 Å². The molecule has 0 N–H and O–H groups in total. The van der Waals surface area contributed by atoms with Crippen molar-refractivity contribution in [1.29, 1.82) is 0 Å². The van der Waals surface area contributed by atoms with Crippen LogP contribution in [0.3, 0.4) is 0 Å². The van der Waals surface area contributed by atoms with Gasteiger partial charge in [0.2, 0.25) is 0 Å². The van der Waals surface area contributed by atoms with Crippen LogP contribution in [0.5, 0.6) is 5.75 Å². The van der Waals surface area contributed by atoms with Gasteiger partial charge in [0.25, 0.3) is 0 Å². The Morgan fingerprint density at radius 2 is 1.83 bits per heavy atom. The summed E-state index contributed by atoms with van der Waals surface area (Å²) in [5.74, 6) is 0.859. The molecule has 1 aromatic heterocycles. The molecule has 0 amide bonds. The van der Waals surface area contributed by atoms with Crippen LogP contribution in [0.1, 0.15) is 45.9 Å². The van der Waals surface area contributed by atoms with Crippen LogP contribution in [0.2, 0.25) is 0 Å². The lowest BCUT2D eigenvalue weighted by Gasteiger charge is -2.23. The average Bonchev–Trinajstić information content (AvgIpc) is 2.82. The molecule has 1 aliphatic heterocycles. The van der Waals surface area contributed by atoms with Crippen molar-refractivity contribution in [2.75, 3.05) is 13.2 Å². The van der Waals surface area contributed by atoms with Gasteiger partial charge in [0, 0.05) is 18.1 Å². The minimum Gasteiger partial charge on any atom is -0.464 e. The molecule has 23 heavy (non-hydrogen) atoms. The van der Waals surface area contributed by atoms with Gasteiger partial charge in [-0.15, -0.1) is 11.3 Å². The van der Waals surface area contributed by atoms with E-state index in [4.69, 9.17) is 23.7 Å². The van der Waals surface area contributed by atoms with Gasteiger partial charge in [0.1, 0.15) is 5.75 Å². The Morgan fingerprint density at radius 3 is 2.26 bits per heavy atom. The largest absolute Gasteiger partial charge is 0.464 e. The summed E-state index contributed by atoms with van der Waals surface area (Å²) in [6.45, 7) is 13.2. The Balaban J connectivity index is 0.000000446. The highest BCUT2D eigenvalue weighted by molar-refractivity contribution is 7.10. The summed E-state index contributed by atoms with van der Waals surface area (Å²) in [4.78, 5) is 1.14. The molecule has 0 bridgehead atoms. The van der Waals surface area contributed by atoms with Gasteiger partial charge in [-0.05, 0) is 59.4 Å². The highest BCUT2D eigenvalue weighted by atomic mass is 32.1. The average molecular weight is 346 g/mol. The van der Waals surface area contributed by atoms with E-state index in [1.165, 1.54) is 6.42 Å². The van der Waals surface area contributed by atoms with Gasteiger partial charge in [-0.3, -0.25) is 0 Å². The smallest absolute Gasteiger partial charge is 0.199 e. The predicted molar refractivity (Wildman–Crippen MR) is 91.9 cm³/mol. The molecule has 0 saturated carbocycles. The van der Waals surface area contributed by atoms with E-state index in [9.17, 15) is 0 Å². The highest BCUT2D eigenvalue weighted by Crippen LogP contribution is 2.24. The third kappa shape index (κ3) is 8.67. The lowest BCUT2D eigenvalue weighted by molar-refractivity contribution is -0.264. The molecule has 0 spiro atoms. The second-order valence-corrected chi connectivity index (χ2v) is 6.48. The SMILES string of the molecule is CC1CCO1.CCOC(C)OC(C)OC(C)Oc1ccsc1C. The fourth-order valence-electron chi connectivity index (χ4n) is 1.90. The zero-order chi connectivity index (χ0) is 17.2. The first kappa shape index (κ1) is 20.4. The summed E-state index contributed by atoms with van der Waals surface area (Å²) in [7, 11) is 0. The summed E-state index contributed by atoms with van der Waals surface area (Å²) < 4.78 is 26.9. The van der Waals surface area contributed by atoms with Crippen molar-refractivity contribution in [3.8, 4) is 5.75 Å². The number of thiophene rings is 1. The zero-order valence-electron chi connectivity index (χ0n) is 15.0. The minimum absolute atomic E-state index is 0.278. The van der Waals surface area contributed by atoms with E-state index in [0.717, 1.165) is 17.2 Å². The molecule has 0 aliphatic carbocycles. The van der Waals surface area contributed by atoms with Crippen LogP contribution in [-0.2, 0) is 18.9 Å². The number of ether oxygens (including phenoxy) is 5. The second-order valence-electron chi connectivity index (χ2n) is 5.36. The molecule has 5 nitrogen and oxygen atoms in total. The quantitative estimate of drug-likeness (QED) is 0.655. The van der Waals surface area contributed by atoms with Crippen LogP contribution in [-0.4, -0.2) is 38.2 Å². The van der Waals surface area contributed by atoms with Crippen LogP contribution >= 0.6 is 11.3 Å². The van der Waals surface area contributed by atoms with Crippen molar-refractivity contribution >= 4 is 11.3 Å². The number of hydrogen-bond donors (Lipinski definition) is 0. The third-order valence-corrected chi connectivity index (χ3v) is 4.03. The van der Waals surface area contributed by atoms with Crippen molar-refractivity contribution in [2.45, 2.75) is 72.9 Å². The molecule has 1 aliphatic rings. The van der Waals surface area contributed by atoms with E-state index >= 15 is 0 Å². The van der Waals surface area contributed by atoms with Crippen molar-refractivity contribution in [3.05, 3.63) is 16.3 Å². The molecule has 4 unspecified atom stereocenters. The molecule has 0 radical (unpaired) electrons. The Hall–Kier alpha value is -0.660. The molecule has 0 aromatic carbocycles. The molecule has 6 heteroatoms. The highest BCUT2D eigenvalue weighted by Gasteiger charge is 2.14. The van der Waals surface area contributed by atoms with E-state index < -0.39 is 0 Å². The van der Waals surface area contributed by atoms with Crippen molar-refractivity contribution in [3.63, 3.8) is 0 Å². The summed E-state index contributed by atoms with van der Waals surface area (Å²) in [6, 6.07) is 1.94. The first-order chi connectivity index (χ1) is 10.9. The first-order valence-corrected chi connectivity index (χ1v) is 9.05. The van der Waals surface area contributed by atoms with Crippen LogP contribution in [0.25, 0.3) is 0 Å². The topological polar surface area (TPSA) is 46.2 Å². The fourth-order valence-corrected chi connectivity index (χ4v) is 2.53. The number of aryl methyl sites for hydroxylation is 1. The fraction of sp³-hybridized carbons (Fsp3) is 0.765. The van der Waals surface area contributed by atoms with Crippen molar-refractivity contribution in [2.24, 2.45) is 0 Å². The van der Waals surface area contributed by atoms with E-state index in [-0.39, 0.29) is 18.9 Å². The maximum Gasteiger partial charge on any atom is 0.199 e. The molecule has 1 aromatic rings. The van der Waals surface area contributed by atoms with Crippen LogP contribution in [0.4, 0.5) is 0 Å². The molecule has 2 rings (SSSR count). The second kappa shape index (κ2) is 11.0. The molecule has 1 saturated heterocycles.